The molecule has 1 aliphatic heterocycles. The molecule has 2 N–H and O–H groups in total. The zero-order valence-corrected chi connectivity index (χ0v) is 20.0. The minimum absolute atomic E-state index is 0.00187. The Morgan fingerprint density at radius 2 is 2.03 bits per heavy atom. The summed E-state index contributed by atoms with van der Waals surface area (Å²) >= 11 is 7.04. The Morgan fingerprint density at radius 1 is 1.27 bits per heavy atom. The summed E-state index contributed by atoms with van der Waals surface area (Å²) in [6.07, 6.45) is 0. The molecule has 1 saturated heterocycles. The fourth-order valence-electron chi connectivity index (χ4n) is 3.55. The second-order valence-electron chi connectivity index (χ2n) is 7.30. The van der Waals surface area contributed by atoms with Crippen LogP contribution in [0.4, 0.5) is 15.8 Å². The zero-order chi connectivity index (χ0) is 24.0. The minimum Gasteiger partial charge on any atom is -0.370 e. The van der Waals surface area contributed by atoms with Crippen LogP contribution in [0.25, 0.3) is 0 Å². The molecule has 0 unspecified atom stereocenters. The highest BCUT2D eigenvalue weighted by molar-refractivity contribution is 7.18. The smallest absolute Gasteiger partial charge is 0.261 e. The van der Waals surface area contributed by atoms with Crippen LogP contribution in [0, 0.1) is 5.82 Å². The maximum absolute atomic E-state index is 14.8. The van der Waals surface area contributed by atoms with E-state index in [0.29, 0.717) is 41.1 Å². The number of thiophene rings is 1. The molecule has 3 amide bonds. The summed E-state index contributed by atoms with van der Waals surface area (Å²) in [4.78, 5) is 41.2. The van der Waals surface area contributed by atoms with Crippen LogP contribution in [0.15, 0.2) is 30.3 Å². The van der Waals surface area contributed by atoms with E-state index in [-0.39, 0.29) is 30.7 Å². The van der Waals surface area contributed by atoms with Crippen molar-refractivity contribution >= 4 is 52.0 Å². The summed E-state index contributed by atoms with van der Waals surface area (Å²) in [6, 6.07) is 6.76. The van der Waals surface area contributed by atoms with Crippen LogP contribution in [0.1, 0.15) is 23.5 Å². The van der Waals surface area contributed by atoms with Gasteiger partial charge >= 0.3 is 0 Å². The molecular weight excluding hydrogens is 471 g/mol. The number of likely N-dealkylation sites (N-methyl/N-ethyl adjacent to an activating group) is 1. The van der Waals surface area contributed by atoms with Gasteiger partial charge in [-0.15, -0.1) is 11.3 Å². The number of carbonyl (C=O) groups is 3. The van der Waals surface area contributed by atoms with Crippen molar-refractivity contribution in [3.63, 3.8) is 0 Å². The van der Waals surface area contributed by atoms with Crippen LogP contribution >= 0.6 is 22.9 Å². The van der Waals surface area contributed by atoms with Crippen LogP contribution in [-0.4, -0.2) is 68.1 Å². The third-order valence-electron chi connectivity index (χ3n) is 5.32. The summed E-state index contributed by atoms with van der Waals surface area (Å²) in [5, 5.41) is 5.38. The van der Waals surface area contributed by atoms with Crippen molar-refractivity contribution in [3.05, 3.63) is 45.4 Å². The molecule has 8 nitrogen and oxygen atoms in total. The number of amides is 3. The number of halogens is 2. The lowest BCUT2D eigenvalue weighted by Gasteiger charge is -2.29. The second kappa shape index (κ2) is 11.6. The maximum Gasteiger partial charge on any atom is 0.261 e. The first-order valence-electron chi connectivity index (χ1n) is 10.6. The van der Waals surface area contributed by atoms with Gasteiger partial charge in [0.1, 0.15) is 18.5 Å². The first-order valence-corrected chi connectivity index (χ1v) is 11.8. The standard InChI is InChI=1S/C22H26ClFN4O4S/c1-3-27(4-2)17(12-25-22(31)18-7-8-19(23)33-18)21(30)26-16-6-5-14(11-15(16)24)28-9-10-32-13-20(28)29/h5-8,11,17H,3-4,9-10,12-13H2,1-2H3,(H,25,31)(H,26,30)/t17-/m1/s1. The minimum atomic E-state index is -0.709. The first-order chi connectivity index (χ1) is 15.8. The van der Waals surface area contributed by atoms with E-state index in [1.165, 1.54) is 17.0 Å². The third kappa shape index (κ3) is 6.29. The molecule has 1 aromatic carbocycles. The van der Waals surface area contributed by atoms with E-state index in [9.17, 15) is 18.8 Å². The van der Waals surface area contributed by atoms with E-state index >= 15 is 0 Å². The molecule has 11 heteroatoms. The van der Waals surface area contributed by atoms with Gasteiger partial charge in [0.25, 0.3) is 11.8 Å². The Hall–Kier alpha value is -2.53. The lowest BCUT2D eigenvalue weighted by Crippen LogP contribution is -2.50. The number of rotatable bonds is 9. The van der Waals surface area contributed by atoms with Gasteiger partial charge in [-0.2, -0.15) is 0 Å². The van der Waals surface area contributed by atoms with Crippen LogP contribution in [-0.2, 0) is 14.3 Å². The van der Waals surface area contributed by atoms with Gasteiger partial charge in [-0.3, -0.25) is 19.3 Å². The van der Waals surface area contributed by atoms with Crippen molar-refractivity contribution in [2.75, 3.05) is 49.6 Å². The van der Waals surface area contributed by atoms with Crippen LogP contribution in [0.3, 0.4) is 0 Å². The molecule has 1 atom stereocenters. The lowest BCUT2D eigenvalue weighted by atomic mass is 10.2. The molecule has 1 fully saturated rings. The molecular formula is C22H26ClFN4O4S. The molecule has 1 aromatic heterocycles. The summed E-state index contributed by atoms with van der Waals surface area (Å²) in [5.74, 6) is -1.68. The number of carbonyl (C=O) groups excluding carboxylic acids is 3. The van der Waals surface area contributed by atoms with Crippen molar-refractivity contribution in [1.29, 1.82) is 0 Å². The van der Waals surface area contributed by atoms with Crippen molar-refractivity contribution in [2.24, 2.45) is 0 Å². The number of nitrogens with one attached hydrogen (secondary N) is 2. The largest absolute Gasteiger partial charge is 0.370 e. The van der Waals surface area contributed by atoms with Crippen molar-refractivity contribution < 1.29 is 23.5 Å². The molecule has 0 bridgehead atoms. The van der Waals surface area contributed by atoms with E-state index in [4.69, 9.17) is 16.3 Å². The van der Waals surface area contributed by atoms with E-state index in [1.54, 1.807) is 18.2 Å². The topological polar surface area (TPSA) is 91.0 Å². The lowest BCUT2D eigenvalue weighted by molar-refractivity contribution is -0.125. The summed E-state index contributed by atoms with van der Waals surface area (Å²) in [7, 11) is 0. The average molecular weight is 497 g/mol. The van der Waals surface area contributed by atoms with Gasteiger partial charge in [0, 0.05) is 18.8 Å². The van der Waals surface area contributed by atoms with Crippen LogP contribution < -0.4 is 15.5 Å². The Balaban J connectivity index is 1.70. The molecule has 3 rings (SSSR count). The maximum atomic E-state index is 14.8. The van der Waals surface area contributed by atoms with Crippen molar-refractivity contribution in [3.8, 4) is 0 Å². The van der Waals surface area contributed by atoms with E-state index in [1.807, 2.05) is 18.7 Å². The monoisotopic (exact) mass is 496 g/mol. The number of nitrogens with zero attached hydrogens (tertiary/aromatic N) is 2. The predicted molar refractivity (Wildman–Crippen MR) is 127 cm³/mol. The van der Waals surface area contributed by atoms with Gasteiger partial charge < -0.3 is 20.3 Å². The number of hydrogen-bond donors (Lipinski definition) is 2. The van der Waals surface area contributed by atoms with E-state index in [0.717, 1.165) is 11.3 Å². The quantitative estimate of drug-likeness (QED) is 0.557. The van der Waals surface area contributed by atoms with Gasteiger partial charge in [0.05, 0.1) is 21.5 Å². The van der Waals surface area contributed by atoms with E-state index in [2.05, 4.69) is 10.6 Å². The Morgan fingerprint density at radius 3 is 2.64 bits per heavy atom. The van der Waals surface area contributed by atoms with Gasteiger partial charge in [-0.25, -0.2) is 4.39 Å². The van der Waals surface area contributed by atoms with Crippen molar-refractivity contribution in [1.82, 2.24) is 10.2 Å². The summed E-state index contributed by atoms with van der Waals surface area (Å²) < 4.78 is 20.4. The zero-order valence-electron chi connectivity index (χ0n) is 18.4. The Labute approximate surface area is 200 Å². The molecule has 0 saturated carbocycles. The van der Waals surface area contributed by atoms with E-state index < -0.39 is 17.8 Å². The molecule has 178 valence electrons. The SMILES string of the molecule is CCN(CC)[C@H](CNC(=O)c1ccc(Cl)s1)C(=O)Nc1ccc(N2CCOCC2=O)cc1F. The molecule has 33 heavy (non-hydrogen) atoms. The molecule has 0 aliphatic carbocycles. The fourth-order valence-corrected chi connectivity index (χ4v) is 4.50. The number of morpholine rings is 1. The highest BCUT2D eigenvalue weighted by Gasteiger charge is 2.27. The predicted octanol–water partition coefficient (Wildman–Crippen LogP) is 2.98. The Kier molecular flexibility index (Phi) is 8.79. The molecule has 2 aromatic rings. The molecule has 0 radical (unpaired) electrons. The van der Waals surface area contributed by atoms with Gasteiger partial charge in [0.2, 0.25) is 5.91 Å². The average Bonchev–Trinajstić information content (AvgIpc) is 3.24. The van der Waals surface area contributed by atoms with Crippen molar-refractivity contribution in [2.45, 2.75) is 19.9 Å². The molecule has 2 heterocycles. The normalized spacial score (nSPS) is 14.9. The number of benzene rings is 1. The Bertz CT molecular complexity index is 1010. The molecule has 1 aliphatic rings. The van der Waals surface area contributed by atoms with Crippen LogP contribution in [0.5, 0.6) is 0 Å². The number of anilines is 2. The first kappa shape index (κ1) is 25.1. The highest BCUT2D eigenvalue weighted by atomic mass is 35.5. The van der Waals surface area contributed by atoms with Gasteiger partial charge in [-0.05, 0) is 43.4 Å². The summed E-state index contributed by atoms with van der Waals surface area (Å²) in [6.45, 7) is 5.65. The molecule has 0 spiro atoms. The van der Waals surface area contributed by atoms with Crippen LogP contribution in [0.2, 0.25) is 4.34 Å². The van der Waals surface area contributed by atoms with Gasteiger partial charge in [0.15, 0.2) is 0 Å². The summed E-state index contributed by atoms with van der Waals surface area (Å²) in [5.41, 5.74) is 0.402. The number of ether oxygens (including phenoxy) is 1. The number of hydrogen-bond acceptors (Lipinski definition) is 6. The third-order valence-corrected chi connectivity index (χ3v) is 6.55. The fraction of sp³-hybridized carbons (Fsp3) is 0.409. The second-order valence-corrected chi connectivity index (χ2v) is 9.02. The van der Waals surface area contributed by atoms with Gasteiger partial charge in [-0.1, -0.05) is 25.4 Å². The highest BCUT2D eigenvalue weighted by Crippen LogP contribution is 2.24.